The minimum absolute atomic E-state index is 0.328. The van der Waals surface area contributed by atoms with Crippen LogP contribution < -0.4 is 0 Å². The van der Waals surface area contributed by atoms with E-state index in [0.717, 1.165) is 29.1 Å². The minimum Gasteiger partial charge on any atom is -0.478 e. The summed E-state index contributed by atoms with van der Waals surface area (Å²) >= 11 is 1.51. The van der Waals surface area contributed by atoms with Crippen LogP contribution in [0.2, 0.25) is 0 Å². The van der Waals surface area contributed by atoms with Crippen LogP contribution in [0.5, 0.6) is 0 Å². The summed E-state index contributed by atoms with van der Waals surface area (Å²) in [5, 5.41) is 18.2. The Bertz CT molecular complexity index is 501. The Morgan fingerprint density at radius 1 is 1.59 bits per heavy atom. The Hall–Kier alpha value is -1.47. The van der Waals surface area contributed by atoms with Gasteiger partial charge in [0.1, 0.15) is 0 Å². The summed E-state index contributed by atoms with van der Waals surface area (Å²) in [4.78, 5) is 11.8. The third-order valence-electron chi connectivity index (χ3n) is 3.03. The molecule has 1 aromatic rings. The van der Waals surface area contributed by atoms with Gasteiger partial charge in [-0.15, -0.1) is 11.8 Å². The molecule has 1 fully saturated rings. The number of thioether (sulfide) groups is 1. The molecule has 0 bridgehead atoms. The van der Waals surface area contributed by atoms with Crippen LogP contribution in [0.25, 0.3) is 0 Å². The van der Waals surface area contributed by atoms with Crippen molar-refractivity contribution in [3.63, 3.8) is 0 Å². The number of benzene rings is 1. The second kappa shape index (κ2) is 4.42. The monoisotopic (exact) mass is 247 g/mol. The Balaban J connectivity index is 2.43. The van der Waals surface area contributed by atoms with Crippen LogP contribution in [0, 0.1) is 11.3 Å². The lowest BCUT2D eigenvalue weighted by atomic mass is 9.96. The van der Waals surface area contributed by atoms with Gasteiger partial charge in [-0.05, 0) is 36.3 Å². The third-order valence-corrected chi connectivity index (χ3v) is 3.97. The van der Waals surface area contributed by atoms with E-state index in [-0.39, 0.29) is 5.41 Å². The van der Waals surface area contributed by atoms with Crippen molar-refractivity contribution >= 4 is 17.7 Å². The van der Waals surface area contributed by atoms with Crippen molar-refractivity contribution < 1.29 is 9.90 Å². The Labute approximate surface area is 104 Å². The lowest BCUT2D eigenvalue weighted by Crippen LogP contribution is -2.06. The predicted octanol–water partition coefficient (Wildman–Crippen LogP) is 3.05. The molecule has 88 valence electrons. The summed E-state index contributed by atoms with van der Waals surface area (Å²) in [7, 11) is 0. The summed E-state index contributed by atoms with van der Waals surface area (Å²) < 4.78 is 0. The van der Waals surface area contributed by atoms with E-state index in [2.05, 4.69) is 6.07 Å². The number of carbonyl (C=O) groups is 1. The molecule has 17 heavy (non-hydrogen) atoms. The maximum absolute atomic E-state index is 11.1. The van der Waals surface area contributed by atoms with E-state index in [1.165, 1.54) is 11.8 Å². The number of hydrogen-bond donors (Lipinski definition) is 1. The fraction of sp³-hybridized carbons (Fsp3) is 0.385. The molecule has 0 saturated heterocycles. The van der Waals surface area contributed by atoms with Crippen molar-refractivity contribution in [2.45, 2.75) is 30.1 Å². The highest BCUT2D eigenvalue weighted by atomic mass is 32.2. The summed E-state index contributed by atoms with van der Waals surface area (Å²) in [5.41, 5.74) is 0.940. The van der Waals surface area contributed by atoms with Crippen LogP contribution in [0.15, 0.2) is 23.1 Å². The molecule has 0 aliphatic heterocycles. The fourth-order valence-corrected chi connectivity index (χ4v) is 2.69. The second-order valence-corrected chi connectivity index (χ2v) is 5.45. The quantitative estimate of drug-likeness (QED) is 0.831. The van der Waals surface area contributed by atoms with Crippen molar-refractivity contribution in [2.75, 3.05) is 5.75 Å². The molecule has 1 N–H and O–H groups in total. The summed E-state index contributed by atoms with van der Waals surface area (Å²) in [5.74, 6) is -0.0853. The van der Waals surface area contributed by atoms with Crippen molar-refractivity contribution in [3.05, 3.63) is 29.3 Å². The first-order chi connectivity index (χ1) is 8.13. The lowest BCUT2D eigenvalue weighted by Gasteiger charge is -2.10. The molecule has 4 heteroatoms. The lowest BCUT2D eigenvalue weighted by molar-refractivity contribution is 0.0693. The molecule has 0 aromatic heterocycles. The first-order valence-electron chi connectivity index (χ1n) is 5.55. The molecule has 1 aliphatic carbocycles. The molecule has 3 nitrogen and oxygen atoms in total. The van der Waals surface area contributed by atoms with Crippen LogP contribution in [0.4, 0.5) is 0 Å². The maximum Gasteiger partial charge on any atom is 0.336 e. The normalized spacial score (nSPS) is 16.2. The zero-order chi connectivity index (χ0) is 12.5. The number of carboxylic acid groups (broad SMARTS) is 1. The van der Waals surface area contributed by atoms with Gasteiger partial charge >= 0.3 is 5.97 Å². The average Bonchev–Trinajstić information content (AvgIpc) is 3.10. The highest BCUT2D eigenvalue weighted by Crippen LogP contribution is 2.48. The Morgan fingerprint density at radius 2 is 2.29 bits per heavy atom. The molecular weight excluding hydrogens is 234 g/mol. The van der Waals surface area contributed by atoms with E-state index in [9.17, 15) is 4.79 Å². The van der Waals surface area contributed by atoms with E-state index >= 15 is 0 Å². The van der Waals surface area contributed by atoms with Gasteiger partial charge in [-0.25, -0.2) is 4.79 Å². The SMILES string of the molecule is CCSc1cc(C2(C#N)CC2)ccc1C(=O)O. The Morgan fingerprint density at radius 3 is 2.76 bits per heavy atom. The molecule has 0 heterocycles. The largest absolute Gasteiger partial charge is 0.478 e. The van der Waals surface area contributed by atoms with E-state index in [0.29, 0.717) is 5.56 Å². The Kier molecular flexibility index (Phi) is 3.12. The van der Waals surface area contributed by atoms with Gasteiger partial charge in [-0.2, -0.15) is 5.26 Å². The number of nitrogens with zero attached hydrogens (tertiary/aromatic N) is 1. The van der Waals surface area contributed by atoms with Crippen LogP contribution >= 0.6 is 11.8 Å². The van der Waals surface area contributed by atoms with Gasteiger partial charge in [0, 0.05) is 4.90 Å². The topological polar surface area (TPSA) is 61.1 Å². The van der Waals surface area contributed by atoms with Crippen molar-refractivity contribution in [1.82, 2.24) is 0 Å². The summed E-state index contributed by atoms with van der Waals surface area (Å²) in [6.45, 7) is 1.99. The van der Waals surface area contributed by atoms with Gasteiger partial charge < -0.3 is 5.11 Å². The fourth-order valence-electron chi connectivity index (χ4n) is 1.86. The highest BCUT2D eigenvalue weighted by Gasteiger charge is 2.45. The summed E-state index contributed by atoms with van der Waals surface area (Å²) in [6.07, 6.45) is 1.76. The third kappa shape index (κ3) is 2.16. The van der Waals surface area contributed by atoms with E-state index in [1.54, 1.807) is 12.1 Å². The molecule has 0 unspecified atom stereocenters. The van der Waals surface area contributed by atoms with E-state index in [1.807, 2.05) is 13.0 Å². The van der Waals surface area contributed by atoms with Crippen LogP contribution in [-0.2, 0) is 5.41 Å². The first-order valence-corrected chi connectivity index (χ1v) is 6.53. The molecule has 1 aliphatic rings. The number of carboxylic acids is 1. The molecule has 0 amide bonds. The van der Waals surface area contributed by atoms with E-state index < -0.39 is 5.97 Å². The van der Waals surface area contributed by atoms with Crippen molar-refractivity contribution in [2.24, 2.45) is 0 Å². The molecule has 1 saturated carbocycles. The maximum atomic E-state index is 11.1. The first kappa shape index (κ1) is 12.0. The molecule has 0 spiro atoms. The zero-order valence-corrected chi connectivity index (χ0v) is 10.4. The number of aromatic carboxylic acids is 1. The highest BCUT2D eigenvalue weighted by molar-refractivity contribution is 7.99. The van der Waals surface area contributed by atoms with E-state index in [4.69, 9.17) is 10.4 Å². The van der Waals surface area contributed by atoms with Gasteiger partial charge in [-0.1, -0.05) is 13.0 Å². The molecule has 1 aromatic carbocycles. The molecular formula is C13H13NO2S. The average molecular weight is 247 g/mol. The minimum atomic E-state index is -0.908. The van der Waals surface area contributed by atoms with Crippen molar-refractivity contribution in [3.8, 4) is 6.07 Å². The molecule has 0 radical (unpaired) electrons. The van der Waals surface area contributed by atoms with Crippen LogP contribution in [0.1, 0.15) is 35.7 Å². The van der Waals surface area contributed by atoms with Crippen LogP contribution in [0.3, 0.4) is 0 Å². The smallest absolute Gasteiger partial charge is 0.336 e. The summed E-state index contributed by atoms with van der Waals surface area (Å²) in [6, 6.07) is 7.59. The van der Waals surface area contributed by atoms with Gasteiger partial charge in [0.05, 0.1) is 17.0 Å². The number of hydrogen-bond acceptors (Lipinski definition) is 3. The van der Waals surface area contributed by atoms with Gasteiger partial charge in [0.25, 0.3) is 0 Å². The van der Waals surface area contributed by atoms with Crippen molar-refractivity contribution in [1.29, 1.82) is 5.26 Å². The second-order valence-electron chi connectivity index (χ2n) is 4.14. The van der Waals surface area contributed by atoms with Gasteiger partial charge in [0.15, 0.2) is 0 Å². The van der Waals surface area contributed by atoms with Crippen LogP contribution in [-0.4, -0.2) is 16.8 Å². The molecule has 0 atom stereocenters. The number of nitriles is 1. The zero-order valence-electron chi connectivity index (χ0n) is 9.56. The standard InChI is InChI=1S/C13H13NO2S/c1-2-17-11-7-9(13(8-14)5-6-13)3-4-10(11)12(15)16/h3-4,7H,2,5-6H2,1H3,(H,15,16). The van der Waals surface area contributed by atoms with Gasteiger partial charge in [0.2, 0.25) is 0 Å². The number of rotatable bonds is 4. The molecule has 2 rings (SSSR count). The van der Waals surface area contributed by atoms with Gasteiger partial charge in [-0.3, -0.25) is 0 Å². The predicted molar refractivity (Wildman–Crippen MR) is 66.3 cm³/mol.